The molecular formula is C77H118O6. The lowest BCUT2D eigenvalue weighted by Gasteiger charge is -2.18. The summed E-state index contributed by atoms with van der Waals surface area (Å²) in [5, 5.41) is 0. The first kappa shape index (κ1) is 77.2. The van der Waals surface area contributed by atoms with Crippen LogP contribution in [0, 0.1) is 0 Å². The number of unbranched alkanes of at least 4 members (excludes halogenated alkanes) is 14. The van der Waals surface area contributed by atoms with Crippen molar-refractivity contribution in [3.05, 3.63) is 194 Å². The van der Waals surface area contributed by atoms with E-state index in [9.17, 15) is 14.4 Å². The smallest absolute Gasteiger partial charge is 0.306 e. The number of carbonyl (C=O) groups is 3. The minimum absolute atomic E-state index is 0.122. The summed E-state index contributed by atoms with van der Waals surface area (Å²) >= 11 is 0. The van der Waals surface area contributed by atoms with E-state index in [1.165, 1.54) is 25.7 Å². The van der Waals surface area contributed by atoms with Gasteiger partial charge in [0.05, 0.1) is 0 Å². The summed E-state index contributed by atoms with van der Waals surface area (Å²) in [5.41, 5.74) is 0. The fourth-order valence-electron chi connectivity index (χ4n) is 8.21. The van der Waals surface area contributed by atoms with Crippen molar-refractivity contribution in [3.63, 3.8) is 0 Å². The first-order valence-corrected chi connectivity index (χ1v) is 32.9. The highest BCUT2D eigenvalue weighted by molar-refractivity contribution is 5.71. The molecule has 6 nitrogen and oxygen atoms in total. The summed E-state index contributed by atoms with van der Waals surface area (Å²) in [6, 6.07) is 0. The molecule has 0 fully saturated rings. The van der Waals surface area contributed by atoms with E-state index in [4.69, 9.17) is 14.2 Å². The summed E-state index contributed by atoms with van der Waals surface area (Å²) in [4.78, 5) is 38.3. The Labute approximate surface area is 509 Å². The van der Waals surface area contributed by atoms with Crippen LogP contribution in [0.5, 0.6) is 0 Å². The maximum absolute atomic E-state index is 12.9. The molecule has 1 atom stereocenters. The van der Waals surface area contributed by atoms with Gasteiger partial charge in [0.25, 0.3) is 0 Å². The Morgan fingerprint density at radius 3 is 0.771 bits per heavy atom. The minimum Gasteiger partial charge on any atom is -0.462 e. The zero-order chi connectivity index (χ0) is 59.9. The Hall–Kier alpha value is -5.75. The van der Waals surface area contributed by atoms with Crippen molar-refractivity contribution in [2.75, 3.05) is 13.2 Å². The Kier molecular flexibility index (Phi) is 64.0. The quantitative estimate of drug-likeness (QED) is 0.0261. The maximum Gasteiger partial charge on any atom is 0.306 e. The molecule has 0 N–H and O–H groups in total. The van der Waals surface area contributed by atoms with Gasteiger partial charge in [0.15, 0.2) is 6.10 Å². The van der Waals surface area contributed by atoms with Gasteiger partial charge in [-0.05, 0) is 154 Å². The second-order valence-corrected chi connectivity index (χ2v) is 20.9. The predicted octanol–water partition coefficient (Wildman–Crippen LogP) is 23.0. The summed E-state index contributed by atoms with van der Waals surface area (Å²) in [7, 11) is 0. The molecule has 0 aromatic rings. The Morgan fingerprint density at radius 1 is 0.253 bits per heavy atom. The number of rotatable bonds is 57. The molecule has 1 unspecified atom stereocenters. The van der Waals surface area contributed by atoms with Gasteiger partial charge in [-0.15, -0.1) is 0 Å². The Balaban J connectivity index is 4.48. The highest BCUT2D eigenvalue weighted by Gasteiger charge is 2.19. The molecular weight excluding hydrogens is 1020 g/mol. The molecule has 0 heterocycles. The highest BCUT2D eigenvalue weighted by atomic mass is 16.6. The first-order valence-electron chi connectivity index (χ1n) is 32.9. The molecule has 0 aliphatic carbocycles. The molecule has 462 valence electrons. The van der Waals surface area contributed by atoms with E-state index in [0.29, 0.717) is 19.3 Å². The number of hydrogen-bond acceptors (Lipinski definition) is 6. The minimum atomic E-state index is -0.833. The van der Waals surface area contributed by atoms with Gasteiger partial charge in [0, 0.05) is 19.3 Å². The molecule has 0 bridgehead atoms. The number of allylic oxidation sites excluding steroid dienone is 32. The van der Waals surface area contributed by atoms with Crippen LogP contribution in [0.1, 0.15) is 252 Å². The fraction of sp³-hybridized carbons (Fsp3) is 0.545. The van der Waals surface area contributed by atoms with Gasteiger partial charge >= 0.3 is 17.9 Å². The third-order valence-electron chi connectivity index (χ3n) is 13.0. The average molecular weight is 1140 g/mol. The summed E-state index contributed by atoms with van der Waals surface area (Å²) < 4.78 is 16.8. The van der Waals surface area contributed by atoms with E-state index in [-0.39, 0.29) is 37.5 Å². The summed E-state index contributed by atoms with van der Waals surface area (Å²) in [6.45, 7) is 6.26. The van der Waals surface area contributed by atoms with Crippen LogP contribution < -0.4 is 0 Å². The highest BCUT2D eigenvalue weighted by Crippen LogP contribution is 2.13. The topological polar surface area (TPSA) is 78.9 Å². The van der Waals surface area contributed by atoms with Gasteiger partial charge in [-0.2, -0.15) is 0 Å². The molecule has 0 aromatic carbocycles. The van der Waals surface area contributed by atoms with E-state index in [2.05, 4.69) is 215 Å². The predicted molar refractivity (Wildman–Crippen MR) is 361 cm³/mol. The van der Waals surface area contributed by atoms with E-state index in [1.54, 1.807) is 0 Å². The third kappa shape index (κ3) is 66.9. The lowest BCUT2D eigenvalue weighted by atomic mass is 10.1. The zero-order valence-corrected chi connectivity index (χ0v) is 52.9. The molecule has 0 saturated carbocycles. The van der Waals surface area contributed by atoms with Crippen molar-refractivity contribution in [2.24, 2.45) is 0 Å². The van der Waals surface area contributed by atoms with E-state index < -0.39 is 6.10 Å². The molecule has 0 saturated heterocycles. The Morgan fingerprint density at radius 2 is 0.482 bits per heavy atom. The van der Waals surface area contributed by atoms with Gasteiger partial charge in [-0.25, -0.2) is 0 Å². The number of carbonyl (C=O) groups excluding carboxylic acids is 3. The summed E-state index contributed by atoms with van der Waals surface area (Å²) in [6.07, 6.45) is 104. The lowest BCUT2D eigenvalue weighted by Crippen LogP contribution is -2.30. The zero-order valence-electron chi connectivity index (χ0n) is 52.9. The van der Waals surface area contributed by atoms with Gasteiger partial charge in [0.1, 0.15) is 13.2 Å². The largest absolute Gasteiger partial charge is 0.462 e. The van der Waals surface area contributed by atoms with Crippen LogP contribution in [0.15, 0.2) is 194 Å². The maximum atomic E-state index is 12.9. The average Bonchev–Trinajstić information content (AvgIpc) is 3.49. The first-order chi connectivity index (χ1) is 41.0. The second-order valence-electron chi connectivity index (χ2n) is 20.9. The van der Waals surface area contributed by atoms with Crippen molar-refractivity contribution in [2.45, 2.75) is 258 Å². The van der Waals surface area contributed by atoms with Crippen LogP contribution in [-0.4, -0.2) is 37.2 Å². The van der Waals surface area contributed by atoms with Crippen LogP contribution >= 0.6 is 0 Å². The van der Waals surface area contributed by atoms with Crippen molar-refractivity contribution in [1.82, 2.24) is 0 Å². The second kappa shape index (κ2) is 68.7. The molecule has 0 spiro atoms. The molecule has 0 aromatic heterocycles. The van der Waals surface area contributed by atoms with Crippen molar-refractivity contribution in [1.29, 1.82) is 0 Å². The van der Waals surface area contributed by atoms with Crippen LogP contribution in [0.3, 0.4) is 0 Å². The van der Waals surface area contributed by atoms with Gasteiger partial charge < -0.3 is 14.2 Å². The van der Waals surface area contributed by atoms with Gasteiger partial charge in [-0.1, -0.05) is 273 Å². The van der Waals surface area contributed by atoms with Crippen LogP contribution in [0.25, 0.3) is 0 Å². The third-order valence-corrected chi connectivity index (χ3v) is 13.0. The molecule has 0 amide bonds. The molecule has 83 heavy (non-hydrogen) atoms. The van der Waals surface area contributed by atoms with E-state index in [1.807, 2.05) is 0 Å². The normalized spacial score (nSPS) is 13.4. The molecule has 0 aliphatic rings. The summed E-state index contributed by atoms with van der Waals surface area (Å²) in [5.74, 6) is -1.02. The van der Waals surface area contributed by atoms with Gasteiger partial charge in [-0.3, -0.25) is 14.4 Å². The SMILES string of the molecule is CC/C=C\C/C=C\C/C=C\C/C=C\C/C=C\C/C=C\C/C=C\CCCCCCCCCC(=O)OCC(COC(=O)CCCCCCC/C=C\C/C=C\CCC)OC(=O)CCC/C=C\C/C=C\C/C=C\C/C=C\C/C=C\C/C=C\C/C=C\CC. The van der Waals surface area contributed by atoms with Crippen LogP contribution in [0.4, 0.5) is 0 Å². The van der Waals surface area contributed by atoms with E-state index in [0.717, 1.165) is 180 Å². The lowest BCUT2D eigenvalue weighted by molar-refractivity contribution is -0.167. The molecule has 0 radical (unpaired) electrons. The monoisotopic (exact) mass is 1140 g/mol. The van der Waals surface area contributed by atoms with Crippen molar-refractivity contribution < 1.29 is 28.6 Å². The fourth-order valence-corrected chi connectivity index (χ4v) is 8.21. The van der Waals surface area contributed by atoms with Crippen LogP contribution in [-0.2, 0) is 28.6 Å². The number of hydrogen-bond donors (Lipinski definition) is 0. The molecule has 0 rings (SSSR count). The van der Waals surface area contributed by atoms with Crippen LogP contribution in [0.2, 0.25) is 0 Å². The number of ether oxygens (including phenoxy) is 3. The van der Waals surface area contributed by atoms with Crippen molar-refractivity contribution >= 4 is 17.9 Å². The van der Waals surface area contributed by atoms with E-state index >= 15 is 0 Å². The molecule has 0 aliphatic heterocycles. The standard InChI is InChI=1S/C77H118O6/c1-4-7-10-13-16-19-22-25-27-29-31-33-35-36-37-38-39-40-42-43-45-47-49-52-55-58-61-64-67-70-76(79)82-73-74(72-81-75(78)69-66-63-60-57-54-51-24-21-18-15-12-9-6-3)83-77(80)71-68-65-62-59-56-53-50-48-46-44-41-34-32-30-28-26-23-20-17-14-11-8-5-2/h7-8,10-12,15-17,19-21,24-28,31-34,36-37,39-40,43-46,50,53,59,62,74H,4-6,9,13-14,18,22-23,29-30,35,38,41-42,47-49,51-52,54-58,60-61,63-73H2,1-3H3/b10-7-,11-8-,15-12-,19-16-,20-17-,24-21-,27-25-,28-26-,33-31-,34-32-,37-36-,40-39-,45-43-,46-44-,53-50-,62-59-. The molecule has 6 heteroatoms. The van der Waals surface area contributed by atoms with Gasteiger partial charge in [0.2, 0.25) is 0 Å². The number of esters is 3. The Bertz CT molecular complexity index is 1990. The van der Waals surface area contributed by atoms with Crippen molar-refractivity contribution in [3.8, 4) is 0 Å².